The minimum absolute atomic E-state index is 0.710. The van der Waals surface area contributed by atoms with Gasteiger partial charge in [-0.2, -0.15) is 5.10 Å². The fourth-order valence-electron chi connectivity index (χ4n) is 3.11. The van der Waals surface area contributed by atoms with Gasteiger partial charge in [0.25, 0.3) is 0 Å². The second-order valence-electron chi connectivity index (χ2n) is 6.35. The van der Waals surface area contributed by atoms with Gasteiger partial charge in [-0.1, -0.05) is 29.8 Å². The number of aromatic nitrogens is 2. The summed E-state index contributed by atoms with van der Waals surface area (Å²) in [7, 11) is 0. The number of hydrogen-bond donors (Lipinski definition) is 2. The lowest BCUT2D eigenvalue weighted by Crippen LogP contribution is -2.40. The molecule has 0 radical (unpaired) electrons. The number of benzene rings is 1. The second kappa shape index (κ2) is 6.44. The molecule has 3 heteroatoms. The molecule has 2 N–H and O–H groups in total. The van der Waals surface area contributed by atoms with Gasteiger partial charge in [0.1, 0.15) is 0 Å². The predicted octanol–water partition coefficient (Wildman–Crippen LogP) is 3.49. The van der Waals surface area contributed by atoms with Crippen molar-refractivity contribution >= 4 is 0 Å². The van der Waals surface area contributed by atoms with Crippen LogP contribution in [0.4, 0.5) is 0 Å². The number of aryl methyl sites for hydroxylation is 3. The third-order valence-corrected chi connectivity index (χ3v) is 4.68. The molecule has 0 bridgehead atoms. The monoisotopic (exact) mass is 283 g/mol. The van der Waals surface area contributed by atoms with Gasteiger partial charge in [-0.25, -0.2) is 0 Å². The Bertz CT molecular complexity index is 564. The van der Waals surface area contributed by atoms with E-state index in [-0.39, 0.29) is 0 Å². The number of rotatable bonds is 6. The van der Waals surface area contributed by atoms with Crippen LogP contribution in [0.15, 0.2) is 30.5 Å². The van der Waals surface area contributed by atoms with Crippen LogP contribution in [0.3, 0.4) is 0 Å². The topological polar surface area (TPSA) is 40.7 Å². The number of hydrogen-bond acceptors (Lipinski definition) is 2. The van der Waals surface area contributed by atoms with Gasteiger partial charge < -0.3 is 5.32 Å². The summed E-state index contributed by atoms with van der Waals surface area (Å²) in [5.74, 6) is 0.763. The molecule has 0 unspecified atom stereocenters. The van der Waals surface area contributed by atoms with Crippen molar-refractivity contribution in [3.63, 3.8) is 0 Å². The highest BCUT2D eigenvalue weighted by molar-refractivity contribution is 5.26. The summed E-state index contributed by atoms with van der Waals surface area (Å²) >= 11 is 0. The SMILES string of the molecule is Cc1ccc(C2CC(NCCCc3cn[nH]c3C)C2)cc1. The molecule has 1 fully saturated rings. The summed E-state index contributed by atoms with van der Waals surface area (Å²) in [6.45, 7) is 5.35. The summed E-state index contributed by atoms with van der Waals surface area (Å²) in [5, 5.41) is 10.7. The molecule has 0 atom stereocenters. The Balaban J connectivity index is 1.34. The smallest absolute Gasteiger partial charge is 0.0522 e. The maximum Gasteiger partial charge on any atom is 0.0522 e. The zero-order valence-electron chi connectivity index (χ0n) is 13.0. The molecule has 0 spiro atoms. The summed E-state index contributed by atoms with van der Waals surface area (Å²) in [6.07, 6.45) is 6.82. The molecule has 2 aromatic rings. The molecule has 1 aromatic heterocycles. The summed E-state index contributed by atoms with van der Waals surface area (Å²) < 4.78 is 0. The van der Waals surface area contributed by atoms with E-state index in [1.807, 2.05) is 6.20 Å². The highest BCUT2D eigenvalue weighted by Gasteiger charge is 2.29. The lowest BCUT2D eigenvalue weighted by molar-refractivity contribution is 0.291. The molecular formula is C18H25N3. The van der Waals surface area contributed by atoms with Gasteiger partial charge in [-0.15, -0.1) is 0 Å². The maximum absolute atomic E-state index is 4.07. The van der Waals surface area contributed by atoms with E-state index < -0.39 is 0 Å². The zero-order chi connectivity index (χ0) is 14.7. The van der Waals surface area contributed by atoms with Crippen LogP contribution < -0.4 is 5.32 Å². The van der Waals surface area contributed by atoms with Gasteiger partial charge in [0.15, 0.2) is 0 Å². The van der Waals surface area contributed by atoms with Crippen molar-refractivity contribution < 1.29 is 0 Å². The van der Waals surface area contributed by atoms with Crippen molar-refractivity contribution in [3.8, 4) is 0 Å². The van der Waals surface area contributed by atoms with E-state index >= 15 is 0 Å². The first-order valence-electron chi connectivity index (χ1n) is 8.01. The first-order valence-corrected chi connectivity index (χ1v) is 8.01. The maximum atomic E-state index is 4.07. The number of nitrogens with zero attached hydrogens (tertiary/aromatic N) is 1. The molecular weight excluding hydrogens is 258 g/mol. The molecule has 1 saturated carbocycles. The van der Waals surface area contributed by atoms with Crippen LogP contribution in [0.25, 0.3) is 0 Å². The summed E-state index contributed by atoms with van der Waals surface area (Å²) in [6, 6.07) is 9.74. The summed E-state index contributed by atoms with van der Waals surface area (Å²) in [5.41, 5.74) is 5.41. The standard InChI is InChI=1S/C18H25N3/c1-13-5-7-15(8-6-13)17-10-18(11-17)19-9-3-4-16-12-20-21-14(16)2/h5-8,12,17-19H,3-4,9-11H2,1-2H3,(H,20,21). The van der Waals surface area contributed by atoms with Crippen molar-refractivity contribution in [3.05, 3.63) is 52.8 Å². The summed E-state index contributed by atoms with van der Waals surface area (Å²) in [4.78, 5) is 0. The molecule has 3 nitrogen and oxygen atoms in total. The molecule has 1 heterocycles. The molecule has 1 aliphatic rings. The molecule has 112 valence electrons. The van der Waals surface area contributed by atoms with Crippen molar-refractivity contribution in [2.75, 3.05) is 6.54 Å². The molecule has 0 aliphatic heterocycles. The Morgan fingerprint density at radius 2 is 1.95 bits per heavy atom. The fraction of sp³-hybridized carbons (Fsp3) is 0.500. The average molecular weight is 283 g/mol. The van der Waals surface area contributed by atoms with Gasteiger partial charge in [0, 0.05) is 11.7 Å². The normalized spacial score (nSPS) is 21.2. The minimum atomic E-state index is 0.710. The third-order valence-electron chi connectivity index (χ3n) is 4.68. The van der Waals surface area contributed by atoms with Crippen LogP contribution in [0.1, 0.15) is 47.6 Å². The quantitative estimate of drug-likeness (QED) is 0.797. The van der Waals surface area contributed by atoms with Crippen LogP contribution in [-0.2, 0) is 6.42 Å². The van der Waals surface area contributed by atoms with Crippen LogP contribution >= 0.6 is 0 Å². The number of H-pyrrole nitrogens is 1. The van der Waals surface area contributed by atoms with E-state index in [2.05, 4.69) is 53.6 Å². The van der Waals surface area contributed by atoms with Crippen molar-refractivity contribution in [1.82, 2.24) is 15.5 Å². The van der Waals surface area contributed by atoms with Gasteiger partial charge in [-0.05, 0) is 63.1 Å². The Morgan fingerprint density at radius 3 is 2.62 bits per heavy atom. The van der Waals surface area contributed by atoms with E-state index in [9.17, 15) is 0 Å². The van der Waals surface area contributed by atoms with E-state index in [1.165, 1.54) is 41.6 Å². The number of nitrogens with one attached hydrogen (secondary N) is 2. The first kappa shape index (κ1) is 14.3. The molecule has 21 heavy (non-hydrogen) atoms. The lowest BCUT2D eigenvalue weighted by Gasteiger charge is -2.36. The van der Waals surface area contributed by atoms with Crippen LogP contribution in [0.5, 0.6) is 0 Å². The Kier molecular flexibility index (Phi) is 4.39. The highest BCUT2D eigenvalue weighted by atomic mass is 15.1. The molecule has 1 aliphatic carbocycles. The largest absolute Gasteiger partial charge is 0.314 e. The minimum Gasteiger partial charge on any atom is -0.314 e. The molecule has 0 amide bonds. The van der Waals surface area contributed by atoms with Gasteiger partial charge >= 0.3 is 0 Å². The predicted molar refractivity (Wildman–Crippen MR) is 86.6 cm³/mol. The average Bonchev–Trinajstić information content (AvgIpc) is 2.84. The van der Waals surface area contributed by atoms with E-state index in [1.54, 1.807) is 0 Å². The van der Waals surface area contributed by atoms with E-state index in [4.69, 9.17) is 0 Å². The Hall–Kier alpha value is -1.61. The van der Waals surface area contributed by atoms with Crippen LogP contribution in [0, 0.1) is 13.8 Å². The van der Waals surface area contributed by atoms with Crippen molar-refractivity contribution in [1.29, 1.82) is 0 Å². The van der Waals surface area contributed by atoms with Gasteiger partial charge in [0.05, 0.1) is 6.20 Å². The Labute approximate surface area is 127 Å². The van der Waals surface area contributed by atoms with Gasteiger partial charge in [0.2, 0.25) is 0 Å². The molecule has 1 aromatic carbocycles. The molecule has 3 rings (SSSR count). The second-order valence-corrected chi connectivity index (χ2v) is 6.35. The lowest BCUT2D eigenvalue weighted by atomic mass is 9.75. The van der Waals surface area contributed by atoms with E-state index in [0.29, 0.717) is 6.04 Å². The third kappa shape index (κ3) is 3.53. The van der Waals surface area contributed by atoms with Gasteiger partial charge in [-0.3, -0.25) is 5.10 Å². The number of aromatic amines is 1. The van der Waals surface area contributed by atoms with Crippen molar-refractivity contribution in [2.24, 2.45) is 0 Å². The van der Waals surface area contributed by atoms with E-state index in [0.717, 1.165) is 18.9 Å². The van der Waals surface area contributed by atoms with Crippen LogP contribution in [-0.4, -0.2) is 22.8 Å². The highest BCUT2D eigenvalue weighted by Crippen LogP contribution is 2.36. The zero-order valence-corrected chi connectivity index (χ0v) is 13.0. The Morgan fingerprint density at radius 1 is 1.19 bits per heavy atom. The first-order chi connectivity index (χ1) is 10.2. The van der Waals surface area contributed by atoms with Crippen molar-refractivity contribution in [2.45, 2.75) is 51.5 Å². The van der Waals surface area contributed by atoms with Crippen LogP contribution in [0.2, 0.25) is 0 Å². The fourth-order valence-corrected chi connectivity index (χ4v) is 3.11. The molecule has 0 saturated heterocycles.